The SMILES string of the molecule is CNC(=O)c1ccc(CN(C)C(=O)c2ccc([N+](=O)[O-])cc2)cc1. The van der Waals surface area contributed by atoms with E-state index < -0.39 is 4.92 Å². The molecular formula is C17H17N3O4. The van der Waals surface area contributed by atoms with Gasteiger partial charge in [-0.1, -0.05) is 12.1 Å². The first-order chi connectivity index (χ1) is 11.4. The van der Waals surface area contributed by atoms with E-state index in [1.807, 2.05) is 0 Å². The van der Waals surface area contributed by atoms with Gasteiger partial charge in [0.15, 0.2) is 0 Å². The molecule has 0 saturated heterocycles. The van der Waals surface area contributed by atoms with Gasteiger partial charge in [-0.25, -0.2) is 0 Å². The standard InChI is InChI=1S/C17H17N3O4/c1-18-16(21)13-5-3-12(4-6-13)11-19(2)17(22)14-7-9-15(10-8-14)20(23)24/h3-10H,11H2,1-2H3,(H,18,21). The predicted molar refractivity (Wildman–Crippen MR) is 88.7 cm³/mol. The molecule has 2 rings (SSSR count). The Bertz CT molecular complexity index is 754. The third-order valence-corrected chi connectivity index (χ3v) is 3.53. The summed E-state index contributed by atoms with van der Waals surface area (Å²) in [6.07, 6.45) is 0. The summed E-state index contributed by atoms with van der Waals surface area (Å²) in [4.78, 5) is 35.5. The molecule has 24 heavy (non-hydrogen) atoms. The summed E-state index contributed by atoms with van der Waals surface area (Å²) in [6.45, 7) is 0.365. The highest BCUT2D eigenvalue weighted by Gasteiger charge is 2.14. The van der Waals surface area contributed by atoms with Gasteiger partial charge >= 0.3 is 0 Å². The van der Waals surface area contributed by atoms with Crippen LogP contribution in [0.15, 0.2) is 48.5 Å². The van der Waals surface area contributed by atoms with Crippen molar-refractivity contribution in [1.82, 2.24) is 10.2 Å². The molecule has 0 aliphatic rings. The van der Waals surface area contributed by atoms with Crippen LogP contribution in [0.3, 0.4) is 0 Å². The zero-order valence-corrected chi connectivity index (χ0v) is 13.4. The lowest BCUT2D eigenvalue weighted by Gasteiger charge is -2.17. The van der Waals surface area contributed by atoms with E-state index in [2.05, 4.69) is 5.32 Å². The number of amides is 2. The lowest BCUT2D eigenvalue weighted by atomic mass is 10.1. The van der Waals surface area contributed by atoms with E-state index in [9.17, 15) is 19.7 Å². The quantitative estimate of drug-likeness (QED) is 0.673. The summed E-state index contributed by atoms with van der Waals surface area (Å²) in [5.41, 5.74) is 1.75. The molecule has 0 unspecified atom stereocenters. The zero-order chi connectivity index (χ0) is 17.7. The van der Waals surface area contributed by atoms with Crippen LogP contribution in [0, 0.1) is 10.1 Å². The van der Waals surface area contributed by atoms with Gasteiger partial charge in [-0.15, -0.1) is 0 Å². The van der Waals surface area contributed by atoms with Crippen LogP contribution in [0.2, 0.25) is 0 Å². The van der Waals surface area contributed by atoms with Crippen molar-refractivity contribution in [3.8, 4) is 0 Å². The molecule has 7 nitrogen and oxygen atoms in total. The van der Waals surface area contributed by atoms with Gasteiger partial charge in [-0.3, -0.25) is 19.7 Å². The third kappa shape index (κ3) is 3.95. The van der Waals surface area contributed by atoms with Crippen molar-refractivity contribution in [2.75, 3.05) is 14.1 Å². The molecule has 0 bridgehead atoms. The fourth-order valence-corrected chi connectivity index (χ4v) is 2.20. The van der Waals surface area contributed by atoms with E-state index in [0.29, 0.717) is 17.7 Å². The molecule has 2 amide bonds. The smallest absolute Gasteiger partial charge is 0.269 e. The van der Waals surface area contributed by atoms with Gasteiger partial charge in [0.05, 0.1) is 4.92 Å². The van der Waals surface area contributed by atoms with Gasteiger partial charge in [0.25, 0.3) is 17.5 Å². The molecule has 2 aromatic carbocycles. The Morgan fingerprint density at radius 1 is 1.04 bits per heavy atom. The highest BCUT2D eigenvalue weighted by Crippen LogP contribution is 2.14. The number of non-ortho nitro benzene ring substituents is 1. The molecule has 1 N–H and O–H groups in total. The summed E-state index contributed by atoms with van der Waals surface area (Å²) in [6, 6.07) is 12.4. The maximum absolute atomic E-state index is 12.3. The number of nitro groups is 1. The lowest BCUT2D eigenvalue weighted by Crippen LogP contribution is -2.26. The monoisotopic (exact) mass is 327 g/mol. The number of benzene rings is 2. The van der Waals surface area contributed by atoms with Gasteiger partial charge in [-0.05, 0) is 29.8 Å². The van der Waals surface area contributed by atoms with Crippen LogP contribution >= 0.6 is 0 Å². The summed E-state index contributed by atoms with van der Waals surface area (Å²) in [5.74, 6) is -0.405. The van der Waals surface area contributed by atoms with Gasteiger partial charge in [0, 0.05) is 43.9 Å². The van der Waals surface area contributed by atoms with Crippen LogP contribution in [0.25, 0.3) is 0 Å². The number of nitrogens with one attached hydrogen (secondary N) is 1. The van der Waals surface area contributed by atoms with E-state index in [0.717, 1.165) is 5.56 Å². The number of carbonyl (C=O) groups is 2. The largest absolute Gasteiger partial charge is 0.355 e. The first kappa shape index (κ1) is 17.1. The third-order valence-electron chi connectivity index (χ3n) is 3.53. The molecule has 0 aromatic heterocycles. The van der Waals surface area contributed by atoms with Gasteiger partial charge in [-0.2, -0.15) is 0 Å². The maximum Gasteiger partial charge on any atom is 0.269 e. The maximum atomic E-state index is 12.3. The van der Waals surface area contributed by atoms with Crippen LogP contribution in [0.4, 0.5) is 5.69 Å². The molecule has 0 spiro atoms. The Labute approximate surface area is 139 Å². The predicted octanol–water partition coefficient (Wildman–Crippen LogP) is 2.23. The van der Waals surface area contributed by atoms with Crippen molar-refractivity contribution in [2.24, 2.45) is 0 Å². The molecule has 0 saturated carbocycles. The average molecular weight is 327 g/mol. The minimum atomic E-state index is -0.508. The van der Waals surface area contributed by atoms with Crippen LogP contribution in [0.5, 0.6) is 0 Å². The molecule has 2 aromatic rings. The summed E-state index contributed by atoms with van der Waals surface area (Å²) >= 11 is 0. The van der Waals surface area contributed by atoms with Crippen LogP contribution in [0.1, 0.15) is 26.3 Å². The normalized spacial score (nSPS) is 10.1. The highest BCUT2D eigenvalue weighted by molar-refractivity contribution is 5.94. The Balaban J connectivity index is 2.05. The van der Waals surface area contributed by atoms with E-state index >= 15 is 0 Å². The summed E-state index contributed by atoms with van der Waals surface area (Å²) in [7, 11) is 3.21. The van der Waals surface area contributed by atoms with Crippen molar-refractivity contribution in [2.45, 2.75) is 6.54 Å². The minimum absolute atomic E-state index is 0.0565. The van der Waals surface area contributed by atoms with E-state index in [1.165, 1.54) is 29.2 Å². The van der Waals surface area contributed by atoms with Gasteiger partial charge in [0.1, 0.15) is 0 Å². The van der Waals surface area contributed by atoms with Crippen molar-refractivity contribution >= 4 is 17.5 Å². The number of nitrogens with zero attached hydrogens (tertiary/aromatic N) is 2. The van der Waals surface area contributed by atoms with Crippen molar-refractivity contribution in [1.29, 1.82) is 0 Å². The van der Waals surface area contributed by atoms with Crippen LogP contribution < -0.4 is 5.32 Å². The second kappa shape index (κ2) is 7.36. The minimum Gasteiger partial charge on any atom is -0.355 e. The van der Waals surface area contributed by atoms with Crippen molar-refractivity contribution in [3.63, 3.8) is 0 Å². The van der Waals surface area contributed by atoms with E-state index in [-0.39, 0.29) is 17.5 Å². The number of nitro benzene ring substituents is 1. The molecule has 124 valence electrons. The molecule has 0 fully saturated rings. The van der Waals surface area contributed by atoms with Crippen molar-refractivity contribution < 1.29 is 14.5 Å². The van der Waals surface area contributed by atoms with Gasteiger partial charge in [0.2, 0.25) is 0 Å². The van der Waals surface area contributed by atoms with E-state index in [1.54, 1.807) is 38.4 Å². The topological polar surface area (TPSA) is 92.6 Å². The number of hydrogen-bond donors (Lipinski definition) is 1. The summed E-state index contributed by atoms with van der Waals surface area (Å²) in [5, 5.41) is 13.2. The molecule has 0 atom stereocenters. The fraction of sp³-hybridized carbons (Fsp3) is 0.176. The molecule has 0 aliphatic carbocycles. The summed E-state index contributed by atoms with van der Waals surface area (Å²) < 4.78 is 0. The molecule has 0 heterocycles. The van der Waals surface area contributed by atoms with Crippen molar-refractivity contribution in [3.05, 3.63) is 75.3 Å². The average Bonchev–Trinajstić information content (AvgIpc) is 2.61. The van der Waals surface area contributed by atoms with E-state index in [4.69, 9.17) is 0 Å². The second-order valence-electron chi connectivity index (χ2n) is 5.24. The zero-order valence-electron chi connectivity index (χ0n) is 13.4. The number of hydrogen-bond acceptors (Lipinski definition) is 4. The molecule has 7 heteroatoms. The highest BCUT2D eigenvalue weighted by atomic mass is 16.6. The van der Waals surface area contributed by atoms with Gasteiger partial charge < -0.3 is 10.2 Å². The first-order valence-electron chi connectivity index (χ1n) is 7.23. The molecule has 0 radical (unpaired) electrons. The second-order valence-corrected chi connectivity index (χ2v) is 5.24. The lowest BCUT2D eigenvalue weighted by molar-refractivity contribution is -0.384. The van der Waals surface area contributed by atoms with Crippen LogP contribution in [-0.2, 0) is 6.54 Å². The Kier molecular flexibility index (Phi) is 5.26. The fourth-order valence-electron chi connectivity index (χ4n) is 2.20. The first-order valence-corrected chi connectivity index (χ1v) is 7.23. The Morgan fingerprint density at radius 3 is 2.08 bits per heavy atom. The van der Waals surface area contributed by atoms with Crippen LogP contribution in [-0.4, -0.2) is 35.7 Å². The number of rotatable bonds is 5. The Morgan fingerprint density at radius 2 is 1.58 bits per heavy atom. The Hall–Kier alpha value is -3.22. The molecular weight excluding hydrogens is 310 g/mol. The number of carbonyl (C=O) groups excluding carboxylic acids is 2. The molecule has 0 aliphatic heterocycles.